The fraction of sp³-hybridized carbons (Fsp3) is 0.889. The van der Waals surface area contributed by atoms with E-state index in [-0.39, 0.29) is 17.9 Å². The Morgan fingerprint density at radius 1 is 1.33 bits per heavy atom. The van der Waals surface area contributed by atoms with Crippen molar-refractivity contribution < 1.29 is 9.53 Å². The van der Waals surface area contributed by atoms with Crippen molar-refractivity contribution in [3.63, 3.8) is 0 Å². The molecule has 3 heteroatoms. The quantitative estimate of drug-likeness (QED) is 0.640. The molecule has 0 aromatic heterocycles. The average Bonchev–Trinajstić information content (AvgIpc) is 1.84. The predicted molar refractivity (Wildman–Crippen MR) is 49.0 cm³/mol. The molecule has 0 aromatic carbocycles. The van der Waals surface area contributed by atoms with Gasteiger partial charge in [0.15, 0.2) is 0 Å². The second-order valence-electron chi connectivity index (χ2n) is 4.34. The zero-order chi connectivity index (χ0) is 9.78. The highest BCUT2D eigenvalue weighted by Crippen LogP contribution is 2.12. The summed E-state index contributed by atoms with van der Waals surface area (Å²) in [6, 6.07) is 0. The van der Waals surface area contributed by atoms with Crippen LogP contribution in [0.4, 0.5) is 0 Å². The lowest BCUT2D eigenvalue weighted by molar-refractivity contribution is -0.134. The van der Waals surface area contributed by atoms with E-state index in [2.05, 4.69) is 20.8 Å². The molecule has 0 aliphatic rings. The van der Waals surface area contributed by atoms with Gasteiger partial charge in [0, 0.05) is 14.1 Å². The van der Waals surface area contributed by atoms with Gasteiger partial charge in [0.2, 0.25) is 5.91 Å². The van der Waals surface area contributed by atoms with Gasteiger partial charge in [-0.1, -0.05) is 20.8 Å². The van der Waals surface area contributed by atoms with Crippen molar-refractivity contribution in [2.24, 2.45) is 5.41 Å². The minimum Gasteiger partial charge on any atom is -0.371 e. The average molecular weight is 173 g/mol. The Morgan fingerprint density at radius 2 is 1.83 bits per heavy atom. The molecule has 0 radical (unpaired) electrons. The van der Waals surface area contributed by atoms with Gasteiger partial charge in [0.05, 0.1) is 6.61 Å². The topological polar surface area (TPSA) is 29.5 Å². The third kappa shape index (κ3) is 6.16. The van der Waals surface area contributed by atoms with E-state index < -0.39 is 0 Å². The Bertz CT molecular complexity index is 147. The molecule has 1 amide bonds. The summed E-state index contributed by atoms with van der Waals surface area (Å²) >= 11 is 0. The van der Waals surface area contributed by atoms with Gasteiger partial charge in [-0.2, -0.15) is 0 Å². The fourth-order valence-electron chi connectivity index (χ4n) is 0.574. The van der Waals surface area contributed by atoms with Crippen LogP contribution in [0.1, 0.15) is 20.8 Å². The number of carbonyl (C=O) groups excluding carboxylic acids is 1. The molecule has 0 N–H and O–H groups in total. The van der Waals surface area contributed by atoms with Crippen molar-refractivity contribution in [2.45, 2.75) is 20.8 Å². The van der Waals surface area contributed by atoms with Crippen molar-refractivity contribution in [1.29, 1.82) is 0 Å². The first-order chi connectivity index (χ1) is 5.33. The molecular weight excluding hydrogens is 154 g/mol. The Hall–Kier alpha value is -0.570. The third-order valence-electron chi connectivity index (χ3n) is 1.26. The van der Waals surface area contributed by atoms with Crippen LogP contribution in [0, 0.1) is 5.41 Å². The monoisotopic (exact) mass is 173 g/mol. The number of likely N-dealkylation sites (N-methyl/N-ethyl adjacent to an activating group) is 1. The molecule has 0 fully saturated rings. The lowest BCUT2D eigenvalue weighted by atomic mass is 9.99. The van der Waals surface area contributed by atoms with Crippen LogP contribution in [0.5, 0.6) is 0 Å². The van der Waals surface area contributed by atoms with Crippen molar-refractivity contribution in [1.82, 2.24) is 4.90 Å². The highest BCUT2D eigenvalue weighted by Gasteiger charge is 2.11. The third-order valence-corrected chi connectivity index (χ3v) is 1.26. The van der Waals surface area contributed by atoms with Crippen molar-refractivity contribution in [2.75, 3.05) is 27.3 Å². The van der Waals surface area contributed by atoms with Crippen LogP contribution < -0.4 is 0 Å². The van der Waals surface area contributed by atoms with Crippen LogP contribution in [0.3, 0.4) is 0 Å². The molecule has 3 nitrogen and oxygen atoms in total. The van der Waals surface area contributed by atoms with Crippen LogP contribution in [0.25, 0.3) is 0 Å². The minimum atomic E-state index is 0.0132. The molecule has 72 valence electrons. The second kappa shape index (κ2) is 4.45. The van der Waals surface area contributed by atoms with Crippen molar-refractivity contribution in [3.05, 3.63) is 0 Å². The van der Waals surface area contributed by atoms with E-state index in [4.69, 9.17) is 4.74 Å². The smallest absolute Gasteiger partial charge is 0.248 e. The minimum absolute atomic E-state index is 0.0132. The van der Waals surface area contributed by atoms with Crippen LogP contribution in [0.15, 0.2) is 0 Å². The highest BCUT2D eigenvalue weighted by atomic mass is 16.5. The molecule has 0 aliphatic heterocycles. The van der Waals surface area contributed by atoms with Gasteiger partial charge in [-0.25, -0.2) is 0 Å². The number of nitrogens with zero attached hydrogens (tertiary/aromatic N) is 1. The molecule has 0 spiro atoms. The number of hydrogen-bond acceptors (Lipinski definition) is 2. The highest BCUT2D eigenvalue weighted by molar-refractivity contribution is 5.76. The van der Waals surface area contributed by atoms with Crippen molar-refractivity contribution >= 4 is 5.91 Å². The summed E-state index contributed by atoms with van der Waals surface area (Å²) in [6.07, 6.45) is 0. The van der Waals surface area contributed by atoms with E-state index in [0.29, 0.717) is 6.61 Å². The zero-order valence-corrected chi connectivity index (χ0v) is 8.68. The van der Waals surface area contributed by atoms with Gasteiger partial charge < -0.3 is 9.64 Å². The van der Waals surface area contributed by atoms with Gasteiger partial charge in [0.25, 0.3) is 0 Å². The molecule has 0 atom stereocenters. The molecule has 0 unspecified atom stereocenters. The maximum absolute atomic E-state index is 11.0. The summed E-state index contributed by atoms with van der Waals surface area (Å²) in [5.41, 5.74) is 0.132. The van der Waals surface area contributed by atoms with E-state index >= 15 is 0 Å². The molecule has 0 aromatic rings. The second-order valence-corrected chi connectivity index (χ2v) is 4.34. The molecule has 0 saturated carbocycles. The summed E-state index contributed by atoms with van der Waals surface area (Å²) in [7, 11) is 3.45. The van der Waals surface area contributed by atoms with Gasteiger partial charge in [-0.3, -0.25) is 4.79 Å². The normalized spacial score (nSPS) is 11.4. The Labute approximate surface area is 74.7 Å². The number of hydrogen-bond donors (Lipinski definition) is 0. The fourth-order valence-corrected chi connectivity index (χ4v) is 0.574. The van der Waals surface area contributed by atoms with E-state index in [1.54, 1.807) is 14.1 Å². The Balaban J connectivity index is 3.51. The zero-order valence-electron chi connectivity index (χ0n) is 8.68. The van der Waals surface area contributed by atoms with E-state index in [1.807, 2.05) is 0 Å². The molecule has 0 bridgehead atoms. The number of rotatable bonds is 3. The largest absolute Gasteiger partial charge is 0.371 e. The SMILES string of the molecule is CN(C)C(=O)COCC(C)(C)C. The van der Waals surface area contributed by atoms with E-state index in [1.165, 1.54) is 4.90 Å². The first kappa shape index (κ1) is 11.4. The van der Waals surface area contributed by atoms with Crippen molar-refractivity contribution in [3.8, 4) is 0 Å². The summed E-state index contributed by atoms with van der Waals surface area (Å²) in [6.45, 7) is 7.03. The first-order valence-electron chi connectivity index (χ1n) is 4.11. The van der Waals surface area contributed by atoms with Crippen LogP contribution in [0.2, 0.25) is 0 Å². The van der Waals surface area contributed by atoms with Gasteiger partial charge in [-0.05, 0) is 5.41 Å². The lowest BCUT2D eigenvalue weighted by Gasteiger charge is -2.18. The summed E-state index contributed by atoms with van der Waals surface area (Å²) < 4.78 is 5.23. The van der Waals surface area contributed by atoms with Gasteiger partial charge >= 0.3 is 0 Å². The molecule has 0 aliphatic carbocycles. The first-order valence-corrected chi connectivity index (χ1v) is 4.11. The molecule has 12 heavy (non-hydrogen) atoms. The number of carbonyl (C=O) groups is 1. The van der Waals surface area contributed by atoms with Gasteiger partial charge in [-0.15, -0.1) is 0 Å². The van der Waals surface area contributed by atoms with Crippen LogP contribution in [-0.2, 0) is 9.53 Å². The Kier molecular flexibility index (Phi) is 4.24. The Morgan fingerprint density at radius 3 is 2.17 bits per heavy atom. The van der Waals surface area contributed by atoms with Crippen LogP contribution in [-0.4, -0.2) is 38.1 Å². The number of amides is 1. The maximum Gasteiger partial charge on any atom is 0.248 e. The van der Waals surface area contributed by atoms with Crippen LogP contribution >= 0.6 is 0 Å². The summed E-state index contributed by atoms with van der Waals surface area (Å²) in [4.78, 5) is 12.6. The van der Waals surface area contributed by atoms with E-state index in [0.717, 1.165) is 0 Å². The van der Waals surface area contributed by atoms with Gasteiger partial charge in [0.1, 0.15) is 6.61 Å². The lowest BCUT2D eigenvalue weighted by Crippen LogP contribution is -2.28. The standard InChI is InChI=1S/C9H19NO2/c1-9(2,3)7-12-6-8(11)10(4)5/h6-7H2,1-5H3. The summed E-state index contributed by atoms with van der Waals surface area (Å²) in [5.74, 6) is 0.0132. The maximum atomic E-state index is 11.0. The summed E-state index contributed by atoms with van der Waals surface area (Å²) in [5, 5.41) is 0. The molecule has 0 saturated heterocycles. The molecular formula is C9H19NO2. The predicted octanol–water partition coefficient (Wildman–Crippen LogP) is 1.14. The molecule has 0 rings (SSSR count). The number of ether oxygens (including phenoxy) is 1. The molecule has 0 heterocycles. The van der Waals surface area contributed by atoms with E-state index in [9.17, 15) is 4.79 Å².